The van der Waals surface area contributed by atoms with Crippen LogP contribution in [0.25, 0.3) is 0 Å². The highest BCUT2D eigenvalue weighted by molar-refractivity contribution is 7.90. The zero-order chi connectivity index (χ0) is 15.5. The normalized spacial score (nSPS) is 16.6. The van der Waals surface area contributed by atoms with Gasteiger partial charge in [-0.3, -0.25) is 4.79 Å². The molecule has 116 valence electrons. The number of carboxylic acid groups (broad SMARTS) is 1. The number of nitrogens with zero attached hydrogens (tertiary/aromatic N) is 2. The third-order valence-electron chi connectivity index (χ3n) is 2.95. The van der Waals surface area contributed by atoms with Gasteiger partial charge in [0.25, 0.3) is 0 Å². The van der Waals surface area contributed by atoms with E-state index in [1.165, 1.54) is 16.4 Å². The van der Waals surface area contributed by atoms with E-state index < -0.39 is 22.7 Å². The molecule has 9 heteroatoms. The molecule has 0 spiro atoms. The fourth-order valence-corrected chi connectivity index (χ4v) is 3.70. The van der Waals surface area contributed by atoms with Crippen LogP contribution in [-0.2, 0) is 19.7 Å². The predicted molar refractivity (Wildman–Crippen MR) is 77.7 cm³/mol. The highest BCUT2D eigenvalue weighted by Gasteiger charge is 2.32. The number of carbonyl (C=O) groups is 1. The van der Waals surface area contributed by atoms with Crippen LogP contribution < -0.4 is 4.31 Å². The quantitative estimate of drug-likeness (QED) is 0.861. The van der Waals surface area contributed by atoms with Crippen LogP contribution in [0.1, 0.15) is 0 Å². The molecule has 1 aliphatic heterocycles. The van der Waals surface area contributed by atoms with Gasteiger partial charge in [-0.25, -0.2) is 4.31 Å². The van der Waals surface area contributed by atoms with Gasteiger partial charge in [-0.2, -0.15) is 12.7 Å². The van der Waals surface area contributed by atoms with Gasteiger partial charge in [0.05, 0.1) is 18.9 Å². The molecule has 0 bridgehead atoms. The first-order valence-electron chi connectivity index (χ1n) is 6.24. The van der Waals surface area contributed by atoms with Gasteiger partial charge < -0.3 is 9.84 Å². The lowest BCUT2D eigenvalue weighted by Gasteiger charge is -2.32. The second-order valence-electron chi connectivity index (χ2n) is 4.40. The fourth-order valence-electron chi connectivity index (χ4n) is 1.98. The monoisotopic (exact) mass is 334 g/mol. The third-order valence-corrected chi connectivity index (χ3v) is 5.10. The number of hydrogen-bond donors (Lipinski definition) is 1. The minimum Gasteiger partial charge on any atom is -0.480 e. The molecule has 2 rings (SSSR count). The molecule has 21 heavy (non-hydrogen) atoms. The Morgan fingerprint density at radius 1 is 1.38 bits per heavy atom. The topological polar surface area (TPSA) is 87.2 Å². The van der Waals surface area contributed by atoms with Crippen LogP contribution in [0.3, 0.4) is 0 Å². The van der Waals surface area contributed by atoms with Gasteiger partial charge in [0, 0.05) is 18.1 Å². The lowest BCUT2D eigenvalue weighted by molar-refractivity contribution is -0.135. The summed E-state index contributed by atoms with van der Waals surface area (Å²) in [7, 11) is -3.94. The van der Waals surface area contributed by atoms with Crippen LogP contribution in [0.2, 0.25) is 5.02 Å². The average Bonchev–Trinajstić information content (AvgIpc) is 2.45. The predicted octanol–water partition coefficient (Wildman–Crippen LogP) is 0.808. The van der Waals surface area contributed by atoms with Crippen molar-refractivity contribution in [3.05, 3.63) is 29.3 Å². The molecular formula is C12H15ClN2O5S. The molecule has 0 amide bonds. The molecular weight excluding hydrogens is 320 g/mol. The Hall–Kier alpha value is -1.35. The van der Waals surface area contributed by atoms with Crippen molar-refractivity contribution in [2.24, 2.45) is 0 Å². The Bertz CT molecular complexity index is 616. The van der Waals surface area contributed by atoms with Gasteiger partial charge in [-0.05, 0) is 18.2 Å². The molecule has 1 aromatic carbocycles. The molecule has 1 aliphatic rings. The molecule has 0 aromatic heterocycles. The summed E-state index contributed by atoms with van der Waals surface area (Å²) in [6, 6.07) is 6.09. The van der Waals surface area contributed by atoms with Crippen molar-refractivity contribution in [3.63, 3.8) is 0 Å². The molecule has 0 saturated carbocycles. The number of hydrogen-bond acceptors (Lipinski definition) is 4. The molecule has 7 nitrogen and oxygen atoms in total. The van der Waals surface area contributed by atoms with E-state index in [1.54, 1.807) is 12.1 Å². The summed E-state index contributed by atoms with van der Waals surface area (Å²) in [5, 5.41) is 9.33. The van der Waals surface area contributed by atoms with E-state index in [0.717, 1.165) is 4.31 Å². The van der Waals surface area contributed by atoms with Gasteiger partial charge in [-0.15, -0.1) is 0 Å². The SMILES string of the molecule is O=C(O)CN(c1cccc(Cl)c1)S(=O)(=O)N1CCOCC1. The number of halogens is 1. The Balaban J connectivity index is 2.37. The van der Waals surface area contributed by atoms with E-state index in [1.807, 2.05) is 0 Å². The first kappa shape index (κ1) is 16.0. The van der Waals surface area contributed by atoms with Gasteiger partial charge in [0.1, 0.15) is 6.54 Å². The largest absolute Gasteiger partial charge is 0.480 e. The van der Waals surface area contributed by atoms with Gasteiger partial charge in [0.15, 0.2) is 0 Å². The van der Waals surface area contributed by atoms with Crippen LogP contribution in [0.15, 0.2) is 24.3 Å². The molecule has 1 saturated heterocycles. The summed E-state index contributed by atoms with van der Waals surface area (Å²) < 4.78 is 32.4. The Labute approximate surface area is 127 Å². The van der Waals surface area contributed by atoms with Crippen molar-refractivity contribution in [1.29, 1.82) is 0 Å². The van der Waals surface area contributed by atoms with Crippen molar-refractivity contribution in [1.82, 2.24) is 4.31 Å². The summed E-state index contributed by atoms with van der Waals surface area (Å²) >= 11 is 5.86. The van der Waals surface area contributed by atoms with E-state index >= 15 is 0 Å². The molecule has 1 N–H and O–H groups in total. The molecule has 0 atom stereocenters. The minimum atomic E-state index is -3.94. The summed E-state index contributed by atoms with van der Waals surface area (Å²) in [5.74, 6) is -1.24. The van der Waals surface area contributed by atoms with E-state index in [0.29, 0.717) is 5.02 Å². The number of ether oxygens (including phenoxy) is 1. The number of carboxylic acids is 1. The zero-order valence-corrected chi connectivity index (χ0v) is 12.7. The van der Waals surface area contributed by atoms with E-state index in [2.05, 4.69) is 0 Å². The minimum absolute atomic E-state index is 0.193. The number of morpholine rings is 1. The number of rotatable bonds is 5. The van der Waals surface area contributed by atoms with Crippen molar-refractivity contribution >= 4 is 33.5 Å². The van der Waals surface area contributed by atoms with Crippen molar-refractivity contribution in [2.75, 3.05) is 37.2 Å². The average molecular weight is 335 g/mol. The van der Waals surface area contributed by atoms with Crippen LogP contribution >= 0.6 is 11.6 Å². The highest BCUT2D eigenvalue weighted by atomic mass is 35.5. The van der Waals surface area contributed by atoms with Crippen LogP contribution in [0, 0.1) is 0 Å². The van der Waals surface area contributed by atoms with E-state index in [9.17, 15) is 13.2 Å². The Kier molecular flexibility index (Phi) is 5.04. The van der Waals surface area contributed by atoms with Crippen molar-refractivity contribution < 1.29 is 23.1 Å². The second-order valence-corrected chi connectivity index (χ2v) is 6.69. The highest BCUT2D eigenvalue weighted by Crippen LogP contribution is 2.24. The zero-order valence-electron chi connectivity index (χ0n) is 11.1. The lowest BCUT2D eigenvalue weighted by Crippen LogP contribution is -2.50. The van der Waals surface area contributed by atoms with Crippen LogP contribution in [0.4, 0.5) is 5.69 Å². The van der Waals surface area contributed by atoms with E-state index in [4.69, 9.17) is 21.4 Å². The standard InChI is InChI=1S/C12H15ClN2O5S/c13-10-2-1-3-11(8-10)15(9-12(16)17)21(18,19)14-4-6-20-7-5-14/h1-3,8H,4-7,9H2,(H,16,17). The number of anilines is 1. The fraction of sp³-hybridized carbons (Fsp3) is 0.417. The molecule has 0 unspecified atom stereocenters. The van der Waals surface area contributed by atoms with E-state index in [-0.39, 0.29) is 32.0 Å². The van der Waals surface area contributed by atoms with Gasteiger partial charge in [-0.1, -0.05) is 17.7 Å². The van der Waals surface area contributed by atoms with Gasteiger partial charge >= 0.3 is 16.2 Å². The van der Waals surface area contributed by atoms with Crippen LogP contribution in [-0.4, -0.2) is 56.6 Å². The van der Waals surface area contributed by atoms with Crippen molar-refractivity contribution in [2.45, 2.75) is 0 Å². The molecule has 1 heterocycles. The third kappa shape index (κ3) is 3.85. The molecule has 0 radical (unpaired) electrons. The maximum Gasteiger partial charge on any atom is 0.324 e. The van der Waals surface area contributed by atoms with Crippen molar-refractivity contribution in [3.8, 4) is 0 Å². The molecule has 0 aliphatic carbocycles. The molecule has 1 fully saturated rings. The van der Waals surface area contributed by atoms with Crippen LogP contribution in [0.5, 0.6) is 0 Å². The van der Waals surface area contributed by atoms with Gasteiger partial charge in [0.2, 0.25) is 0 Å². The summed E-state index contributed by atoms with van der Waals surface area (Å²) in [6.07, 6.45) is 0. The summed E-state index contributed by atoms with van der Waals surface area (Å²) in [5.41, 5.74) is 0.219. The smallest absolute Gasteiger partial charge is 0.324 e. The number of aliphatic carboxylic acids is 1. The number of benzene rings is 1. The second kappa shape index (κ2) is 6.61. The first-order chi connectivity index (χ1) is 9.91. The Morgan fingerprint density at radius 2 is 2.05 bits per heavy atom. The maximum absolute atomic E-state index is 12.6. The summed E-state index contributed by atoms with van der Waals surface area (Å²) in [4.78, 5) is 11.0. The Morgan fingerprint density at radius 3 is 2.62 bits per heavy atom. The lowest BCUT2D eigenvalue weighted by atomic mass is 10.3. The summed E-state index contributed by atoms with van der Waals surface area (Å²) in [6.45, 7) is 0.295. The first-order valence-corrected chi connectivity index (χ1v) is 8.01. The maximum atomic E-state index is 12.6. The molecule has 1 aromatic rings.